The first-order valence-corrected chi connectivity index (χ1v) is 32.6. The molecule has 8 bridgehead atoms. The summed E-state index contributed by atoms with van der Waals surface area (Å²) in [5.74, 6) is 5.29. The highest BCUT2D eigenvalue weighted by atomic mass is 16.5. The zero-order valence-electron chi connectivity index (χ0n) is 51.8. The van der Waals surface area contributed by atoms with Crippen molar-refractivity contribution >= 4 is 38.9 Å². The number of benzene rings is 9. The highest BCUT2D eigenvalue weighted by molar-refractivity contribution is 6.09. The monoisotopic (exact) mass is 1140 g/mol. The fourth-order valence-corrected chi connectivity index (χ4v) is 21.0. The van der Waals surface area contributed by atoms with E-state index in [1.807, 2.05) is 0 Å². The molecule has 10 aliphatic carbocycles. The summed E-state index contributed by atoms with van der Waals surface area (Å²) in [6.07, 6.45) is 10.7. The average molecular weight is 1150 g/mol. The number of anilines is 3. The molecule has 0 radical (unpaired) electrons. The molecule has 1 aliphatic heterocycles. The number of aryl methyl sites for hydroxylation is 1. The van der Waals surface area contributed by atoms with Gasteiger partial charge in [0.1, 0.15) is 22.9 Å². The number of fused-ring (bicyclic) bond motifs is 4. The van der Waals surface area contributed by atoms with Gasteiger partial charge in [-0.15, -0.1) is 0 Å². The SMILES string of the molecule is Cc1cc(-n2c3ccccc3c3ccc(Oc4cccc(N5CN(C67c8ccccc8C(c8ccccc86)C6(C(C)(C)C)c8ccccc8C7(C(C)(C)C)c7ccccc76)c6ccccc65)c4)cc32)ncc1-c1ccc(C23CC4CC(CC(C4)C2)C3)cc1. The molecule has 0 spiro atoms. The Balaban J connectivity index is 0.741. The molecule has 434 valence electrons. The van der Waals surface area contributed by atoms with Crippen LogP contribution in [0.1, 0.15) is 142 Å². The predicted octanol–water partition coefficient (Wildman–Crippen LogP) is 20.4. The van der Waals surface area contributed by atoms with Crippen molar-refractivity contribution in [3.63, 3.8) is 0 Å². The number of aromatic nitrogens is 2. The Hall–Kier alpha value is -8.67. The topological polar surface area (TPSA) is 33.5 Å². The second kappa shape index (κ2) is 18.2. The second-order valence-corrected chi connectivity index (χ2v) is 29.7. The number of para-hydroxylation sites is 3. The third kappa shape index (κ3) is 6.70. The van der Waals surface area contributed by atoms with Crippen LogP contribution in [0.5, 0.6) is 11.5 Å². The van der Waals surface area contributed by atoms with Crippen LogP contribution < -0.4 is 14.5 Å². The van der Waals surface area contributed by atoms with E-state index in [2.05, 4.69) is 287 Å². The molecule has 4 fully saturated rings. The number of hydrogen-bond acceptors (Lipinski definition) is 4. The molecule has 0 atom stereocenters. The normalized spacial score (nSPS) is 25.9. The zero-order chi connectivity index (χ0) is 59.3. The molecular formula is C83H76N4O. The Morgan fingerprint density at radius 2 is 1.05 bits per heavy atom. The predicted molar refractivity (Wildman–Crippen MR) is 360 cm³/mol. The van der Waals surface area contributed by atoms with Gasteiger partial charge in [0.2, 0.25) is 0 Å². The molecule has 3 heterocycles. The molecule has 88 heavy (non-hydrogen) atoms. The van der Waals surface area contributed by atoms with Crippen LogP contribution in [-0.2, 0) is 21.8 Å². The first kappa shape index (κ1) is 52.5. The minimum absolute atomic E-state index is 0.0432. The summed E-state index contributed by atoms with van der Waals surface area (Å²) in [6.45, 7) is 17.9. The lowest BCUT2D eigenvalue weighted by Crippen LogP contribution is -2.73. The van der Waals surface area contributed by atoms with Crippen molar-refractivity contribution in [2.75, 3.05) is 16.5 Å². The summed E-state index contributed by atoms with van der Waals surface area (Å²) in [7, 11) is 0. The van der Waals surface area contributed by atoms with Gasteiger partial charge in [0, 0.05) is 51.7 Å². The standard InChI is InChI=1S/C83H76N4O/c1-52-41-76(84-50-65(52)56-35-37-57(38-36-56)80-47-53-42-54(48-80)44-55(43-53)49-80)87-72-32-17-10-23-61(72)62-40-39-60(46-75(62)87)88-59-22-20-21-58(45-59)85-51-86(74-34-19-18-33-73(74)85)83-66-26-11-8-24-63(66)77(64-25-9-12-27-67(64)83)81(78(2,3)4)68-28-13-15-30-70(68)82(83,79(5,6)7)71-31-16-14-29-69(71)81/h8-41,45-46,50,53-55,77H,42-44,47-49,51H2,1-7H3. The summed E-state index contributed by atoms with van der Waals surface area (Å²) < 4.78 is 9.43. The Kier molecular flexibility index (Phi) is 10.9. The lowest BCUT2D eigenvalue weighted by molar-refractivity contribution is -0.00518. The van der Waals surface area contributed by atoms with Crippen LogP contribution in [0.15, 0.2) is 225 Å². The van der Waals surface area contributed by atoms with Gasteiger partial charge in [0.05, 0.1) is 34.5 Å². The molecular weight excluding hydrogens is 1070 g/mol. The fraction of sp³-hybridized carbons (Fsp3) is 0.289. The van der Waals surface area contributed by atoms with Gasteiger partial charge in [-0.1, -0.05) is 199 Å². The molecule has 11 aromatic rings. The van der Waals surface area contributed by atoms with Crippen molar-refractivity contribution in [1.82, 2.24) is 9.55 Å². The Morgan fingerprint density at radius 3 is 1.67 bits per heavy atom. The summed E-state index contributed by atoms with van der Waals surface area (Å²) in [6, 6.07) is 83.8. The van der Waals surface area contributed by atoms with Crippen LogP contribution in [-0.4, -0.2) is 16.2 Å². The van der Waals surface area contributed by atoms with Crippen molar-refractivity contribution in [3.8, 4) is 28.4 Å². The van der Waals surface area contributed by atoms with Gasteiger partial charge < -0.3 is 14.5 Å². The van der Waals surface area contributed by atoms with Crippen molar-refractivity contribution in [3.05, 3.63) is 280 Å². The summed E-state index contributed by atoms with van der Waals surface area (Å²) in [5.41, 5.74) is 20.4. The quantitative estimate of drug-likeness (QED) is 0.159. The van der Waals surface area contributed by atoms with Gasteiger partial charge >= 0.3 is 0 Å². The fourth-order valence-electron chi connectivity index (χ4n) is 21.0. The Morgan fingerprint density at radius 1 is 0.489 bits per heavy atom. The van der Waals surface area contributed by atoms with Crippen LogP contribution in [0.3, 0.4) is 0 Å². The lowest BCUT2D eigenvalue weighted by atomic mass is 9.33. The van der Waals surface area contributed by atoms with Gasteiger partial charge in [0.15, 0.2) is 0 Å². The smallest absolute Gasteiger partial charge is 0.137 e. The third-order valence-electron chi connectivity index (χ3n) is 23.5. The first-order chi connectivity index (χ1) is 42.7. The maximum absolute atomic E-state index is 7.10. The average Bonchev–Trinajstić information content (AvgIpc) is 0.747. The molecule has 0 N–H and O–H groups in total. The highest BCUT2D eigenvalue weighted by Crippen LogP contribution is 2.78. The largest absolute Gasteiger partial charge is 0.457 e. The van der Waals surface area contributed by atoms with E-state index < -0.39 is 16.4 Å². The highest BCUT2D eigenvalue weighted by Gasteiger charge is 2.75. The number of ether oxygens (including phenoxy) is 1. The van der Waals surface area contributed by atoms with E-state index in [0.29, 0.717) is 12.1 Å². The molecule has 4 saturated carbocycles. The lowest BCUT2D eigenvalue weighted by Gasteiger charge is -2.72. The molecule has 22 rings (SSSR count). The molecule has 9 aromatic carbocycles. The molecule has 2 aromatic heterocycles. The summed E-state index contributed by atoms with van der Waals surface area (Å²) in [4.78, 5) is 10.7. The van der Waals surface area contributed by atoms with E-state index >= 15 is 0 Å². The van der Waals surface area contributed by atoms with E-state index in [1.54, 1.807) is 5.56 Å². The summed E-state index contributed by atoms with van der Waals surface area (Å²) in [5, 5.41) is 2.36. The van der Waals surface area contributed by atoms with Crippen LogP contribution in [0.4, 0.5) is 17.1 Å². The van der Waals surface area contributed by atoms with E-state index in [-0.39, 0.29) is 16.7 Å². The maximum Gasteiger partial charge on any atom is 0.137 e. The Bertz CT molecular complexity index is 4570. The van der Waals surface area contributed by atoms with Crippen LogP contribution >= 0.6 is 0 Å². The molecule has 11 aliphatic rings. The van der Waals surface area contributed by atoms with Crippen molar-refractivity contribution in [2.45, 2.75) is 115 Å². The molecule has 5 nitrogen and oxygen atoms in total. The minimum atomic E-state index is -0.745. The van der Waals surface area contributed by atoms with Crippen LogP contribution in [0, 0.1) is 35.5 Å². The van der Waals surface area contributed by atoms with Crippen molar-refractivity contribution < 1.29 is 4.74 Å². The van der Waals surface area contributed by atoms with Crippen LogP contribution in [0.25, 0.3) is 38.8 Å². The van der Waals surface area contributed by atoms with Gasteiger partial charge in [-0.3, -0.25) is 4.57 Å². The number of rotatable bonds is 7. The van der Waals surface area contributed by atoms with E-state index in [0.717, 1.165) is 51.8 Å². The molecule has 0 amide bonds. The van der Waals surface area contributed by atoms with E-state index in [4.69, 9.17) is 9.72 Å². The number of hydrogen-bond donors (Lipinski definition) is 0. The van der Waals surface area contributed by atoms with E-state index in [9.17, 15) is 0 Å². The van der Waals surface area contributed by atoms with Gasteiger partial charge in [-0.05, 0) is 189 Å². The third-order valence-corrected chi connectivity index (χ3v) is 23.5. The molecule has 0 saturated heterocycles. The first-order valence-electron chi connectivity index (χ1n) is 32.6. The number of nitrogens with zero attached hydrogens (tertiary/aromatic N) is 4. The molecule has 5 heteroatoms. The number of pyridine rings is 1. The minimum Gasteiger partial charge on any atom is -0.457 e. The van der Waals surface area contributed by atoms with Gasteiger partial charge in [0.25, 0.3) is 0 Å². The summed E-state index contributed by atoms with van der Waals surface area (Å²) >= 11 is 0. The van der Waals surface area contributed by atoms with Crippen molar-refractivity contribution in [1.29, 1.82) is 0 Å². The van der Waals surface area contributed by atoms with Gasteiger partial charge in [-0.25, -0.2) is 4.98 Å². The Labute approximate surface area is 518 Å². The molecule has 0 unspecified atom stereocenters. The van der Waals surface area contributed by atoms with Crippen LogP contribution in [0.2, 0.25) is 0 Å². The van der Waals surface area contributed by atoms with Gasteiger partial charge in [-0.2, -0.15) is 0 Å². The zero-order valence-corrected chi connectivity index (χ0v) is 51.8. The second-order valence-electron chi connectivity index (χ2n) is 29.7. The maximum atomic E-state index is 7.10. The van der Waals surface area contributed by atoms with Crippen molar-refractivity contribution in [2.24, 2.45) is 28.6 Å². The van der Waals surface area contributed by atoms with E-state index in [1.165, 1.54) is 122 Å².